The van der Waals surface area contributed by atoms with E-state index in [9.17, 15) is 18.3 Å². The minimum atomic E-state index is -3.78. The van der Waals surface area contributed by atoms with E-state index in [0.717, 1.165) is 16.5 Å². The quantitative estimate of drug-likeness (QED) is 0.370. The summed E-state index contributed by atoms with van der Waals surface area (Å²) in [5.74, 6) is -0.324. The van der Waals surface area contributed by atoms with E-state index in [1.165, 1.54) is 3.97 Å². The molecule has 1 aromatic heterocycles. The lowest BCUT2D eigenvalue weighted by molar-refractivity contribution is -0.142. The van der Waals surface area contributed by atoms with Crippen molar-refractivity contribution in [1.82, 2.24) is 3.97 Å². The standard InChI is InChI=1S/C28H27NO6S/c1-34-22-10-7-20(8-11-22)18-36(32,33)29-26-13-9-21(28(30)31)15-24(26)25-16-23(12-14-27(25)29)35-17-19-5-3-2-4-6-19/h2-8,10-12,14,16,21H,9,13,15,17-18H2,1H3,(H,30,31). The van der Waals surface area contributed by atoms with E-state index in [0.29, 0.717) is 47.7 Å². The number of rotatable bonds is 8. The molecule has 0 spiro atoms. The van der Waals surface area contributed by atoms with E-state index in [1.807, 2.05) is 36.4 Å². The van der Waals surface area contributed by atoms with Crippen LogP contribution in [0.4, 0.5) is 0 Å². The molecule has 0 amide bonds. The van der Waals surface area contributed by atoms with E-state index in [1.54, 1.807) is 43.5 Å². The van der Waals surface area contributed by atoms with E-state index in [-0.39, 0.29) is 12.2 Å². The van der Waals surface area contributed by atoms with Gasteiger partial charge in [0.1, 0.15) is 18.1 Å². The highest BCUT2D eigenvalue weighted by atomic mass is 32.2. The molecule has 0 aliphatic heterocycles. The summed E-state index contributed by atoms with van der Waals surface area (Å²) in [6, 6.07) is 22.1. The van der Waals surface area contributed by atoms with Crippen LogP contribution < -0.4 is 9.47 Å². The van der Waals surface area contributed by atoms with E-state index < -0.39 is 21.9 Å². The number of methoxy groups -OCH3 is 1. The predicted molar refractivity (Wildman–Crippen MR) is 137 cm³/mol. The van der Waals surface area contributed by atoms with Crippen molar-refractivity contribution in [1.29, 1.82) is 0 Å². The van der Waals surface area contributed by atoms with Crippen molar-refractivity contribution in [3.05, 3.63) is 95.2 Å². The average molecular weight is 506 g/mol. The van der Waals surface area contributed by atoms with Crippen LogP contribution in [0.25, 0.3) is 10.9 Å². The molecule has 7 nitrogen and oxygen atoms in total. The lowest BCUT2D eigenvalue weighted by Crippen LogP contribution is -2.25. The first kappa shape index (κ1) is 23.9. The average Bonchev–Trinajstić information content (AvgIpc) is 3.22. The van der Waals surface area contributed by atoms with Gasteiger partial charge in [0, 0.05) is 11.1 Å². The molecule has 0 saturated heterocycles. The van der Waals surface area contributed by atoms with Crippen LogP contribution in [0.1, 0.15) is 28.8 Å². The van der Waals surface area contributed by atoms with Gasteiger partial charge in [-0.05, 0) is 66.3 Å². The van der Waals surface area contributed by atoms with E-state index in [4.69, 9.17) is 9.47 Å². The Hall–Kier alpha value is -3.78. The summed E-state index contributed by atoms with van der Waals surface area (Å²) < 4.78 is 40.0. The highest BCUT2D eigenvalue weighted by Gasteiger charge is 2.33. The van der Waals surface area contributed by atoms with Crippen molar-refractivity contribution in [2.45, 2.75) is 31.6 Å². The largest absolute Gasteiger partial charge is 0.497 e. The summed E-state index contributed by atoms with van der Waals surface area (Å²) in [6.45, 7) is 0.378. The molecule has 1 unspecified atom stereocenters. The fraction of sp³-hybridized carbons (Fsp3) is 0.250. The number of carbonyl (C=O) groups is 1. The summed E-state index contributed by atoms with van der Waals surface area (Å²) in [5.41, 5.74) is 3.65. The zero-order valence-corrected chi connectivity index (χ0v) is 20.7. The van der Waals surface area contributed by atoms with Gasteiger partial charge < -0.3 is 14.6 Å². The topological polar surface area (TPSA) is 94.8 Å². The number of aromatic nitrogens is 1. The summed E-state index contributed by atoms with van der Waals surface area (Å²) in [6.07, 6.45) is 1.06. The number of carboxylic acid groups (broad SMARTS) is 1. The van der Waals surface area contributed by atoms with Gasteiger partial charge in [-0.25, -0.2) is 12.4 Å². The number of nitrogens with zero attached hydrogens (tertiary/aromatic N) is 1. The molecule has 1 N–H and O–H groups in total. The van der Waals surface area contributed by atoms with Gasteiger partial charge in [0.2, 0.25) is 10.0 Å². The van der Waals surface area contributed by atoms with Crippen LogP contribution in [0.2, 0.25) is 0 Å². The van der Waals surface area contributed by atoms with Gasteiger partial charge in [0.15, 0.2) is 0 Å². The van der Waals surface area contributed by atoms with Crippen molar-refractivity contribution in [3.63, 3.8) is 0 Å². The molecule has 3 aromatic carbocycles. The van der Waals surface area contributed by atoms with Crippen LogP contribution in [0.5, 0.6) is 11.5 Å². The number of benzene rings is 3. The monoisotopic (exact) mass is 505 g/mol. The fourth-order valence-electron chi connectivity index (χ4n) is 4.85. The van der Waals surface area contributed by atoms with Gasteiger partial charge in [-0.2, -0.15) is 0 Å². The Labute approximate surface area is 210 Å². The molecule has 8 heteroatoms. The highest BCUT2D eigenvalue weighted by molar-refractivity contribution is 7.89. The zero-order valence-electron chi connectivity index (χ0n) is 19.9. The number of ether oxygens (including phenoxy) is 2. The molecule has 1 aliphatic rings. The Morgan fingerprint density at radius 2 is 1.72 bits per heavy atom. The Kier molecular flexibility index (Phi) is 6.45. The maximum absolute atomic E-state index is 13.7. The lowest BCUT2D eigenvalue weighted by Gasteiger charge is -2.21. The van der Waals surface area contributed by atoms with Crippen molar-refractivity contribution in [2.24, 2.45) is 5.92 Å². The summed E-state index contributed by atoms with van der Waals surface area (Å²) in [4.78, 5) is 11.8. The van der Waals surface area contributed by atoms with E-state index in [2.05, 4.69) is 0 Å². The first-order valence-electron chi connectivity index (χ1n) is 11.8. The van der Waals surface area contributed by atoms with Crippen LogP contribution in [0, 0.1) is 5.92 Å². The molecule has 0 saturated carbocycles. The smallest absolute Gasteiger partial charge is 0.306 e. The molecule has 4 aromatic rings. The van der Waals surface area contributed by atoms with Gasteiger partial charge in [-0.3, -0.25) is 4.79 Å². The molecule has 36 heavy (non-hydrogen) atoms. The van der Waals surface area contributed by atoms with Crippen molar-refractivity contribution in [3.8, 4) is 11.5 Å². The van der Waals surface area contributed by atoms with Crippen LogP contribution >= 0.6 is 0 Å². The first-order valence-corrected chi connectivity index (χ1v) is 13.4. The van der Waals surface area contributed by atoms with Gasteiger partial charge in [0.05, 0.1) is 24.3 Å². The number of carboxylic acids is 1. The van der Waals surface area contributed by atoms with Crippen LogP contribution in [0.15, 0.2) is 72.8 Å². The second-order valence-corrected chi connectivity index (χ2v) is 10.8. The normalized spacial score (nSPS) is 15.4. The highest BCUT2D eigenvalue weighted by Crippen LogP contribution is 2.38. The van der Waals surface area contributed by atoms with Crippen molar-refractivity contribution < 1.29 is 27.8 Å². The first-order chi connectivity index (χ1) is 17.4. The van der Waals surface area contributed by atoms with Crippen molar-refractivity contribution >= 4 is 26.9 Å². The molecule has 0 fully saturated rings. The maximum Gasteiger partial charge on any atom is 0.306 e. The predicted octanol–water partition coefficient (Wildman–Crippen LogP) is 4.80. The number of aliphatic carboxylic acids is 1. The lowest BCUT2D eigenvalue weighted by atomic mass is 9.86. The summed E-state index contributed by atoms with van der Waals surface area (Å²) in [7, 11) is -2.21. The third-order valence-electron chi connectivity index (χ3n) is 6.67. The Morgan fingerprint density at radius 3 is 2.42 bits per heavy atom. The Balaban J connectivity index is 1.55. The van der Waals surface area contributed by atoms with Gasteiger partial charge in [-0.1, -0.05) is 42.5 Å². The summed E-state index contributed by atoms with van der Waals surface area (Å²) in [5, 5.41) is 10.4. The van der Waals surface area contributed by atoms with E-state index >= 15 is 0 Å². The second-order valence-electron chi connectivity index (χ2n) is 9.03. The molecular weight excluding hydrogens is 478 g/mol. The van der Waals surface area contributed by atoms with Crippen LogP contribution in [-0.4, -0.2) is 30.6 Å². The number of hydrogen-bond acceptors (Lipinski definition) is 5. The Morgan fingerprint density at radius 1 is 1.00 bits per heavy atom. The molecule has 1 atom stereocenters. The molecule has 186 valence electrons. The van der Waals surface area contributed by atoms with Crippen molar-refractivity contribution in [2.75, 3.05) is 7.11 Å². The zero-order chi connectivity index (χ0) is 25.3. The fourth-order valence-corrected chi connectivity index (χ4v) is 6.59. The Bertz CT molecular complexity index is 1510. The number of fused-ring (bicyclic) bond motifs is 3. The third kappa shape index (κ3) is 4.68. The SMILES string of the molecule is COc1ccc(CS(=O)(=O)n2c3c(c4cc(OCc5ccccc5)ccc42)CC(C(=O)O)CC3)cc1. The second kappa shape index (κ2) is 9.70. The van der Waals surface area contributed by atoms with Gasteiger partial charge in [-0.15, -0.1) is 0 Å². The summed E-state index contributed by atoms with van der Waals surface area (Å²) >= 11 is 0. The minimum absolute atomic E-state index is 0.179. The molecular formula is C28H27NO6S. The molecule has 1 aliphatic carbocycles. The van der Waals surface area contributed by atoms with Crippen LogP contribution in [-0.2, 0) is 40.0 Å². The third-order valence-corrected chi connectivity index (χ3v) is 8.34. The molecule has 0 radical (unpaired) electrons. The van der Waals surface area contributed by atoms with Gasteiger partial charge >= 0.3 is 5.97 Å². The molecule has 1 heterocycles. The molecule has 5 rings (SSSR count). The maximum atomic E-state index is 13.7. The molecule has 0 bridgehead atoms. The van der Waals surface area contributed by atoms with Gasteiger partial charge in [0.25, 0.3) is 0 Å². The minimum Gasteiger partial charge on any atom is -0.497 e. The van der Waals surface area contributed by atoms with Crippen LogP contribution in [0.3, 0.4) is 0 Å². The number of hydrogen-bond donors (Lipinski definition) is 1.